The van der Waals surface area contributed by atoms with E-state index in [0.717, 1.165) is 45.6 Å². The maximum atomic E-state index is 12.2. The zero-order valence-electron chi connectivity index (χ0n) is 15.1. The van der Waals surface area contributed by atoms with Crippen molar-refractivity contribution in [3.63, 3.8) is 0 Å². The molecule has 1 unspecified atom stereocenters. The van der Waals surface area contributed by atoms with E-state index in [4.69, 9.17) is 9.84 Å². The third-order valence-electron chi connectivity index (χ3n) is 4.63. The van der Waals surface area contributed by atoms with Gasteiger partial charge in [-0.25, -0.2) is 0 Å². The number of nitrogens with one attached hydrogen (secondary N) is 1. The number of piperazine rings is 1. The van der Waals surface area contributed by atoms with Crippen LogP contribution < -0.4 is 5.32 Å². The summed E-state index contributed by atoms with van der Waals surface area (Å²) in [7, 11) is 0. The number of carboxylic acid groups (broad SMARTS) is 1. The smallest absolute Gasteiger partial charge is 0.309 e. The molecule has 0 aliphatic carbocycles. The van der Waals surface area contributed by atoms with Gasteiger partial charge in [0.1, 0.15) is 5.60 Å². The first-order valence-electron chi connectivity index (χ1n) is 8.90. The van der Waals surface area contributed by atoms with Gasteiger partial charge in [0, 0.05) is 39.3 Å². The second-order valence-corrected chi connectivity index (χ2v) is 7.71. The largest absolute Gasteiger partial charge is 0.481 e. The van der Waals surface area contributed by atoms with E-state index in [1.165, 1.54) is 0 Å². The Labute approximate surface area is 144 Å². The summed E-state index contributed by atoms with van der Waals surface area (Å²) >= 11 is 0. The summed E-state index contributed by atoms with van der Waals surface area (Å²) in [5.41, 5.74) is -0.435. The van der Waals surface area contributed by atoms with Crippen LogP contribution in [0.15, 0.2) is 0 Å². The molecule has 0 amide bonds. The van der Waals surface area contributed by atoms with Crippen molar-refractivity contribution in [2.45, 2.75) is 51.8 Å². The highest BCUT2D eigenvalue weighted by Gasteiger charge is 2.34. The molecule has 0 aromatic heterocycles. The molecule has 138 valence electrons. The number of ether oxygens (including phenoxy) is 1. The van der Waals surface area contributed by atoms with E-state index < -0.39 is 11.6 Å². The monoisotopic (exact) mass is 341 g/mol. The number of carbonyl (C=O) groups is 2. The Hall–Kier alpha value is -1.18. The summed E-state index contributed by atoms with van der Waals surface area (Å²) in [5, 5.41) is 12.3. The maximum Gasteiger partial charge on any atom is 0.309 e. The van der Waals surface area contributed by atoms with E-state index in [-0.39, 0.29) is 24.5 Å². The molecule has 2 heterocycles. The third-order valence-corrected chi connectivity index (χ3v) is 4.63. The number of nitrogens with zero attached hydrogens (tertiary/aromatic N) is 2. The van der Waals surface area contributed by atoms with Crippen molar-refractivity contribution in [1.29, 1.82) is 0 Å². The number of likely N-dealkylation sites (tertiary alicyclic amines) is 1. The van der Waals surface area contributed by atoms with Crippen LogP contribution in [0.2, 0.25) is 0 Å². The highest BCUT2D eigenvalue weighted by molar-refractivity contribution is 5.73. The lowest BCUT2D eigenvalue weighted by Crippen LogP contribution is -2.61. The molecule has 2 N–H and O–H groups in total. The number of aliphatic carboxylic acids is 1. The molecule has 0 bridgehead atoms. The first-order valence-corrected chi connectivity index (χ1v) is 8.90. The van der Waals surface area contributed by atoms with Gasteiger partial charge in [-0.15, -0.1) is 0 Å². The fourth-order valence-electron chi connectivity index (χ4n) is 3.41. The lowest BCUT2D eigenvalue weighted by molar-refractivity contribution is -0.162. The molecule has 0 saturated carbocycles. The van der Waals surface area contributed by atoms with Crippen LogP contribution in [0.25, 0.3) is 0 Å². The second-order valence-electron chi connectivity index (χ2n) is 7.71. The summed E-state index contributed by atoms with van der Waals surface area (Å²) in [6.45, 7) is 10.6. The van der Waals surface area contributed by atoms with Crippen LogP contribution >= 0.6 is 0 Å². The molecule has 0 aromatic carbocycles. The van der Waals surface area contributed by atoms with Crippen LogP contribution in [0.1, 0.15) is 40.0 Å². The Morgan fingerprint density at radius 2 is 1.88 bits per heavy atom. The van der Waals surface area contributed by atoms with Gasteiger partial charge in [-0.05, 0) is 33.6 Å². The quantitative estimate of drug-likeness (QED) is 0.714. The molecule has 1 atom stereocenters. The van der Waals surface area contributed by atoms with E-state index in [1.54, 1.807) is 0 Å². The van der Waals surface area contributed by atoms with E-state index in [1.807, 2.05) is 20.8 Å². The lowest BCUT2D eigenvalue weighted by Gasteiger charge is -2.45. The number of piperidine rings is 1. The third kappa shape index (κ3) is 5.72. The summed E-state index contributed by atoms with van der Waals surface area (Å²) in [5.74, 6) is -0.868. The van der Waals surface area contributed by atoms with Gasteiger partial charge < -0.3 is 15.2 Å². The van der Waals surface area contributed by atoms with Crippen LogP contribution in [0.5, 0.6) is 0 Å². The van der Waals surface area contributed by atoms with Gasteiger partial charge in [0.25, 0.3) is 0 Å². The average molecular weight is 341 g/mol. The van der Waals surface area contributed by atoms with Crippen LogP contribution in [0.3, 0.4) is 0 Å². The molecule has 0 spiro atoms. The first kappa shape index (κ1) is 19.1. The Morgan fingerprint density at radius 3 is 2.46 bits per heavy atom. The van der Waals surface area contributed by atoms with Gasteiger partial charge in [0.05, 0.1) is 18.5 Å². The molecular weight excluding hydrogens is 310 g/mol. The Kier molecular flexibility index (Phi) is 6.60. The normalized spacial score (nSPS) is 24.7. The van der Waals surface area contributed by atoms with Gasteiger partial charge in [-0.2, -0.15) is 0 Å². The van der Waals surface area contributed by atoms with Gasteiger partial charge in [-0.3, -0.25) is 19.4 Å². The predicted molar refractivity (Wildman–Crippen MR) is 90.6 cm³/mol. The number of hydrogen-bond donors (Lipinski definition) is 2. The van der Waals surface area contributed by atoms with Crippen molar-refractivity contribution < 1.29 is 19.4 Å². The topological polar surface area (TPSA) is 82.1 Å². The molecule has 7 nitrogen and oxygen atoms in total. The number of carbonyl (C=O) groups excluding carboxylic acids is 1. The summed E-state index contributed by atoms with van der Waals surface area (Å²) in [6.07, 6.45) is 2.00. The van der Waals surface area contributed by atoms with E-state index >= 15 is 0 Å². The average Bonchev–Trinajstić information content (AvgIpc) is 2.52. The summed E-state index contributed by atoms with van der Waals surface area (Å²) in [4.78, 5) is 27.7. The molecule has 2 saturated heterocycles. The summed E-state index contributed by atoms with van der Waals surface area (Å²) < 4.78 is 5.50. The van der Waals surface area contributed by atoms with E-state index in [2.05, 4.69) is 15.1 Å². The molecule has 2 rings (SSSR count). The molecule has 7 heteroatoms. The van der Waals surface area contributed by atoms with Gasteiger partial charge >= 0.3 is 11.9 Å². The standard InChI is InChI=1S/C17H31N3O4/c1-17(2,3)24-16(23)13-4-8-19(9-5-13)14-12-18-7-11-20(14)10-6-15(21)22/h13-14,18H,4-12H2,1-3H3,(H,21,22). The number of rotatable bonds is 5. The molecule has 2 aliphatic rings. The van der Waals surface area contributed by atoms with Gasteiger partial charge in [-0.1, -0.05) is 0 Å². The zero-order valence-corrected chi connectivity index (χ0v) is 15.1. The van der Waals surface area contributed by atoms with E-state index in [9.17, 15) is 9.59 Å². The molecule has 24 heavy (non-hydrogen) atoms. The van der Waals surface area contributed by atoms with Gasteiger partial charge in [0.15, 0.2) is 0 Å². The van der Waals surface area contributed by atoms with Crippen molar-refractivity contribution in [2.75, 3.05) is 39.3 Å². The van der Waals surface area contributed by atoms with Crippen molar-refractivity contribution in [3.05, 3.63) is 0 Å². The fraction of sp³-hybridized carbons (Fsp3) is 0.882. The molecule has 2 fully saturated rings. The van der Waals surface area contributed by atoms with E-state index in [0.29, 0.717) is 6.54 Å². The molecule has 0 radical (unpaired) electrons. The van der Waals surface area contributed by atoms with Crippen molar-refractivity contribution >= 4 is 11.9 Å². The second kappa shape index (κ2) is 8.27. The van der Waals surface area contributed by atoms with Crippen LogP contribution in [-0.4, -0.2) is 77.9 Å². The van der Waals surface area contributed by atoms with Crippen LogP contribution in [0.4, 0.5) is 0 Å². The van der Waals surface area contributed by atoms with Gasteiger partial charge in [0.2, 0.25) is 0 Å². The van der Waals surface area contributed by atoms with Crippen molar-refractivity contribution in [3.8, 4) is 0 Å². The van der Waals surface area contributed by atoms with Crippen LogP contribution in [-0.2, 0) is 14.3 Å². The Morgan fingerprint density at radius 1 is 1.21 bits per heavy atom. The zero-order chi connectivity index (χ0) is 17.7. The minimum atomic E-state index is -0.754. The minimum absolute atomic E-state index is 0.0236. The predicted octanol–water partition coefficient (Wildman–Crippen LogP) is 0.746. The highest BCUT2D eigenvalue weighted by Crippen LogP contribution is 2.24. The summed E-state index contributed by atoms with van der Waals surface area (Å²) in [6, 6.07) is 0. The van der Waals surface area contributed by atoms with Crippen molar-refractivity contribution in [2.24, 2.45) is 5.92 Å². The highest BCUT2D eigenvalue weighted by atomic mass is 16.6. The fourth-order valence-corrected chi connectivity index (χ4v) is 3.41. The molecular formula is C17H31N3O4. The Balaban J connectivity index is 1.85. The molecule has 0 aromatic rings. The lowest BCUT2D eigenvalue weighted by atomic mass is 9.96. The number of carboxylic acids is 1. The number of hydrogen-bond acceptors (Lipinski definition) is 6. The number of esters is 1. The maximum absolute atomic E-state index is 12.2. The minimum Gasteiger partial charge on any atom is -0.481 e. The van der Waals surface area contributed by atoms with Crippen LogP contribution in [0, 0.1) is 5.92 Å². The van der Waals surface area contributed by atoms with Crippen molar-refractivity contribution in [1.82, 2.24) is 15.1 Å². The SMILES string of the molecule is CC(C)(C)OC(=O)C1CCN(C2CNCCN2CCC(=O)O)CC1. The first-order chi connectivity index (χ1) is 11.3. The Bertz CT molecular complexity index is 442. The molecule has 2 aliphatic heterocycles.